The van der Waals surface area contributed by atoms with Crippen molar-refractivity contribution >= 4 is 57.1 Å². The van der Waals surface area contributed by atoms with Crippen LogP contribution in [0.25, 0.3) is 6.08 Å². The second-order valence-electron chi connectivity index (χ2n) is 8.14. The Kier molecular flexibility index (Phi) is 7.30. The summed E-state index contributed by atoms with van der Waals surface area (Å²) in [6.07, 6.45) is 1.39. The van der Waals surface area contributed by atoms with Gasteiger partial charge in [0.05, 0.1) is 10.2 Å². The molecule has 3 aromatic carbocycles. The monoisotopic (exact) mass is 547 g/mol. The van der Waals surface area contributed by atoms with Gasteiger partial charge in [0, 0.05) is 5.69 Å². The van der Waals surface area contributed by atoms with E-state index in [9.17, 15) is 19.2 Å². The van der Waals surface area contributed by atoms with Crippen molar-refractivity contribution in [2.24, 2.45) is 0 Å². The number of nitrogens with zero attached hydrogens (tertiary/aromatic N) is 1. The number of aryl methyl sites for hydroxylation is 2. The minimum absolute atomic E-state index is 0.188. The molecule has 2 N–H and O–H groups in total. The number of para-hydroxylation sites is 1. The highest BCUT2D eigenvalue weighted by atomic mass is 79.9. The quantitative estimate of drug-likeness (QED) is 0.342. The van der Waals surface area contributed by atoms with Crippen molar-refractivity contribution in [1.29, 1.82) is 0 Å². The number of urea groups is 1. The molecule has 0 radical (unpaired) electrons. The Morgan fingerprint density at radius 3 is 2.47 bits per heavy atom. The fourth-order valence-corrected chi connectivity index (χ4v) is 4.15. The molecule has 8 nitrogen and oxygen atoms in total. The number of halogens is 1. The first kappa shape index (κ1) is 24.9. The van der Waals surface area contributed by atoms with E-state index in [2.05, 4.69) is 26.6 Å². The molecular formula is C27H22BrN3O5. The smallest absolute Gasteiger partial charge is 0.335 e. The van der Waals surface area contributed by atoms with Crippen LogP contribution in [0.3, 0.4) is 0 Å². The zero-order valence-corrected chi connectivity index (χ0v) is 21.1. The summed E-state index contributed by atoms with van der Waals surface area (Å²) in [7, 11) is 0. The average molecular weight is 548 g/mol. The zero-order chi connectivity index (χ0) is 25.8. The standard InChI is InChI=1S/C27H22BrN3O5/c1-16-8-10-22(17(2)12-16)29-24(32)15-36-23-11-9-18(14-21(23)28)13-20-25(33)30-27(35)31(26(20)34)19-6-4-3-5-7-19/h3-14H,15H2,1-2H3,(H,29,32)(H,30,33,35)/b20-13-. The summed E-state index contributed by atoms with van der Waals surface area (Å²) >= 11 is 3.40. The molecule has 0 bridgehead atoms. The summed E-state index contributed by atoms with van der Waals surface area (Å²) in [4.78, 5) is 50.9. The largest absolute Gasteiger partial charge is 0.483 e. The molecule has 1 fully saturated rings. The Hall–Kier alpha value is -4.24. The fourth-order valence-electron chi connectivity index (χ4n) is 3.64. The van der Waals surface area contributed by atoms with E-state index in [1.54, 1.807) is 48.5 Å². The summed E-state index contributed by atoms with van der Waals surface area (Å²) in [6.45, 7) is 3.69. The van der Waals surface area contributed by atoms with Gasteiger partial charge < -0.3 is 10.1 Å². The summed E-state index contributed by atoms with van der Waals surface area (Å²) in [5.74, 6) is -1.41. The average Bonchev–Trinajstić information content (AvgIpc) is 2.83. The molecule has 4 rings (SSSR count). The molecular weight excluding hydrogens is 526 g/mol. The maximum atomic E-state index is 13.0. The lowest BCUT2D eigenvalue weighted by Gasteiger charge is -2.26. The van der Waals surface area contributed by atoms with Crippen molar-refractivity contribution in [2.75, 3.05) is 16.8 Å². The van der Waals surface area contributed by atoms with Crippen molar-refractivity contribution in [2.45, 2.75) is 13.8 Å². The van der Waals surface area contributed by atoms with Gasteiger partial charge in [0.15, 0.2) is 6.61 Å². The van der Waals surface area contributed by atoms with E-state index in [0.717, 1.165) is 16.0 Å². The molecule has 1 aliphatic heterocycles. The number of ether oxygens (including phenoxy) is 1. The zero-order valence-electron chi connectivity index (χ0n) is 19.5. The minimum atomic E-state index is -0.808. The van der Waals surface area contributed by atoms with Crippen LogP contribution in [-0.2, 0) is 14.4 Å². The van der Waals surface area contributed by atoms with Crippen molar-refractivity contribution in [1.82, 2.24) is 5.32 Å². The number of amides is 5. The van der Waals surface area contributed by atoms with E-state index in [4.69, 9.17) is 4.74 Å². The summed E-state index contributed by atoms with van der Waals surface area (Å²) in [5.41, 5.74) is 3.46. The van der Waals surface area contributed by atoms with Gasteiger partial charge in [0.1, 0.15) is 11.3 Å². The van der Waals surface area contributed by atoms with Crippen LogP contribution in [0.2, 0.25) is 0 Å². The Balaban J connectivity index is 1.46. The molecule has 3 aromatic rings. The van der Waals surface area contributed by atoms with E-state index in [1.165, 1.54) is 6.08 Å². The molecule has 1 saturated heterocycles. The number of benzene rings is 3. The lowest BCUT2D eigenvalue weighted by atomic mass is 10.1. The Labute approximate surface area is 216 Å². The van der Waals surface area contributed by atoms with Crippen molar-refractivity contribution in [3.63, 3.8) is 0 Å². The number of carbonyl (C=O) groups is 4. The van der Waals surface area contributed by atoms with Gasteiger partial charge in [-0.2, -0.15) is 0 Å². The van der Waals surface area contributed by atoms with Crippen LogP contribution in [0.15, 0.2) is 76.8 Å². The van der Waals surface area contributed by atoms with Gasteiger partial charge >= 0.3 is 6.03 Å². The third-order valence-electron chi connectivity index (χ3n) is 5.40. The predicted molar refractivity (Wildman–Crippen MR) is 140 cm³/mol. The topological polar surface area (TPSA) is 105 Å². The normalized spacial score (nSPS) is 14.6. The first-order chi connectivity index (χ1) is 17.2. The maximum Gasteiger partial charge on any atom is 0.335 e. The van der Waals surface area contributed by atoms with E-state index in [-0.39, 0.29) is 18.1 Å². The molecule has 5 amide bonds. The minimum Gasteiger partial charge on any atom is -0.483 e. The van der Waals surface area contributed by atoms with Crippen LogP contribution < -0.4 is 20.3 Å². The van der Waals surface area contributed by atoms with Gasteiger partial charge in [0.2, 0.25) is 0 Å². The number of nitrogens with one attached hydrogen (secondary N) is 2. The van der Waals surface area contributed by atoms with Gasteiger partial charge in [0.25, 0.3) is 17.7 Å². The van der Waals surface area contributed by atoms with Gasteiger partial charge in [-0.3, -0.25) is 19.7 Å². The molecule has 1 heterocycles. The summed E-state index contributed by atoms with van der Waals surface area (Å²) in [6, 6.07) is 18.2. The molecule has 0 aliphatic carbocycles. The molecule has 36 heavy (non-hydrogen) atoms. The number of barbiturate groups is 1. The second-order valence-corrected chi connectivity index (χ2v) is 8.99. The second kappa shape index (κ2) is 10.6. The molecule has 0 saturated carbocycles. The van der Waals surface area contributed by atoms with Gasteiger partial charge in [-0.1, -0.05) is 42.0 Å². The Morgan fingerprint density at radius 1 is 1.03 bits per heavy atom. The number of anilines is 2. The third-order valence-corrected chi connectivity index (χ3v) is 6.02. The lowest BCUT2D eigenvalue weighted by molar-refractivity contribution is -0.122. The molecule has 0 atom stereocenters. The van der Waals surface area contributed by atoms with E-state index in [1.807, 2.05) is 32.0 Å². The van der Waals surface area contributed by atoms with Crippen molar-refractivity contribution < 1.29 is 23.9 Å². The number of hydrogen-bond donors (Lipinski definition) is 2. The molecule has 9 heteroatoms. The maximum absolute atomic E-state index is 13.0. The van der Waals surface area contributed by atoms with E-state index in [0.29, 0.717) is 27.2 Å². The molecule has 182 valence electrons. The number of rotatable bonds is 6. The third kappa shape index (κ3) is 5.52. The highest BCUT2D eigenvalue weighted by Crippen LogP contribution is 2.28. The molecule has 0 aromatic heterocycles. The number of carbonyl (C=O) groups excluding carboxylic acids is 4. The van der Waals surface area contributed by atoms with Crippen LogP contribution in [0, 0.1) is 13.8 Å². The lowest BCUT2D eigenvalue weighted by Crippen LogP contribution is -2.54. The van der Waals surface area contributed by atoms with Gasteiger partial charge in [-0.15, -0.1) is 0 Å². The van der Waals surface area contributed by atoms with Gasteiger partial charge in [-0.25, -0.2) is 9.69 Å². The first-order valence-electron chi connectivity index (χ1n) is 11.0. The first-order valence-corrected chi connectivity index (χ1v) is 11.8. The summed E-state index contributed by atoms with van der Waals surface area (Å²) in [5, 5.41) is 5.01. The molecule has 0 spiro atoms. The van der Waals surface area contributed by atoms with Crippen molar-refractivity contribution in [3.8, 4) is 5.75 Å². The predicted octanol–water partition coefficient (Wildman–Crippen LogP) is 4.75. The van der Waals surface area contributed by atoms with E-state index >= 15 is 0 Å². The van der Waals surface area contributed by atoms with Crippen LogP contribution in [0.5, 0.6) is 5.75 Å². The highest BCUT2D eigenvalue weighted by Gasteiger charge is 2.36. The Morgan fingerprint density at radius 2 is 1.78 bits per heavy atom. The van der Waals surface area contributed by atoms with Crippen LogP contribution in [-0.4, -0.2) is 30.4 Å². The van der Waals surface area contributed by atoms with Crippen LogP contribution in [0.4, 0.5) is 16.2 Å². The fraction of sp³-hybridized carbons (Fsp3) is 0.111. The van der Waals surface area contributed by atoms with E-state index < -0.39 is 17.8 Å². The summed E-state index contributed by atoms with van der Waals surface area (Å²) < 4.78 is 6.16. The van der Waals surface area contributed by atoms with Crippen LogP contribution >= 0.6 is 15.9 Å². The van der Waals surface area contributed by atoms with Crippen LogP contribution in [0.1, 0.15) is 16.7 Å². The highest BCUT2D eigenvalue weighted by molar-refractivity contribution is 9.10. The molecule has 0 unspecified atom stereocenters. The number of imide groups is 2. The van der Waals surface area contributed by atoms with Crippen molar-refractivity contribution in [3.05, 3.63) is 93.5 Å². The van der Waals surface area contributed by atoms with Gasteiger partial charge in [-0.05, 0) is 77.3 Å². The SMILES string of the molecule is Cc1ccc(NC(=O)COc2ccc(/C=C3/C(=O)NC(=O)N(c4ccccc4)C3=O)cc2Br)c(C)c1. The molecule has 1 aliphatic rings. The Bertz CT molecular complexity index is 1400. The number of hydrogen-bond acceptors (Lipinski definition) is 5.